The molecule has 0 fully saturated rings. The Bertz CT molecular complexity index is 930. The lowest BCUT2D eigenvalue weighted by Crippen LogP contribution is -2.36. The first-order valence-corrected chi connectivity index (χ1v) is 8.83. The second-order valence-electron chi connectivity index (χ2n) is 6.00. The van der Waals surface area contributed by atoms with Gasteiger partial charge in [0.25, 0.3) is 0 Å². The third-order valence-electron chi connectivity index (χ3n) is 4.21. The third-order valence-corrected chi connectivity index (χ3v) is 4.21. The van der Waals surface area contributed by atoms with Crippen LogP contribution < -0.4 is 20.1 Å². The monoisotopic (exact) mass is 508 g/mol. The minimum absolute atomic E-state index is 0. The quantitative estimate of drug-likeness (QED) is 0.258. The minimum Gasteiger partial charge on any atom is -0.493 e. The van der Waals surface area contributed by atoms with Gasteiger partial charge in [-0.15, -0.1) is 24.0 Å². The number of methoxy groups -OCH3 is 2. The first kappa shape index (κ1) is 22.5. The number of nitrogens with zero attached hydrogens (tertiary/aromatic N) is 3. The maximum absolute atomic E-state index is 5.35. The molecule has 0 unspecified atom stereocenters. The van der Waals surface area contributed by atoms with Gasteiger partial charge < -0.3 is 20.1 Å². The normalized spacial score (nSPS) is 10.8. The van der Waals surface area contributed by atoms with Crippen LogP contribution in [0.3, 0.4) is 0 Å². The lowest BCUT2D eigenvalue weighted by molar-refractivity contribution is 0.354. The van der Waals surface area contributed by atoms with Crippen LogP contribution in [0.15, 0.2) is 53.8 Å². The average molecular weight is 508 g/mol. The number of ether oxygens (including phenoxy) is 2. The molecule has 8 nitrogen and oxygen atoms in total. The summed E-state index contributed by atoms with van der Waals surface area (Å²) in [5, 5.41) is 13.4. The number of nitrogens with one attached hydrogen (secondary N) is 3. The second-order valence-corrected chi connectivity index (χ2v) is 6.00. The molecule has 29 heavy (non-hydrogen) atoms. The zero-order valence-corrected chi connectivity index (χ0v) is 18.9. The largest absolute Gasteiger partial charge is 0.493 e. The molecule has 0 radical (unpaired) electrons. The van der Waals surface area contributed by atoms with Gasteiger partial charge in [-0.1, -0.05) is 24.3 Å². The molecule has 1 aromatic heterocycles. The van der Waals surface area contributed by atoms with E-state index in [2.05, 4.69) is 42.9 Å². The summed E-state index contributed by atoms with van der Waals surface area (Å²) >= 11 is 0. The van der Waals surface area contributed by atoms with Crippen molar-refractivity contribution in [2.75, 3.05) is 21.3 Å². The van der Waals surface area contributed by atoms with E-state index < -0.39 is 0 Å². The van der Waals surface area contributed by atoms with Crippen LogP contribution in [0, 0.1) is 0 Å². The van der Waals surface area contributed by atoms with Gasteiger partial charge in [0.15, 0.2) is 23.3 Å². The van der Waals surface area contributed by atoms with E-state index in [0.29, 0.717) is 30.5 Å². The summed E-state index contributed by atoms with van der Waals surface area (Å²) in [5.74, 6) is 2.87. The lowest BCUT2D eigenvalue weighted by Gasteiger charge is -2.14. The molecule has 3 aromatic rings. The number of rotatable bonds is 7. The number of guanidine groups is 1. The Kier molecular flexibility index (Phi) is 8.71. The van der Waals surface area contributed by atoms with Gasteiger partial charge in [-0.3, -0.25) is 10.1 Å². The molecule has 3 rings (SSSR count). The molecule has 0 aliphatic rings. The Morgan fingerprint density at radius 3 is 2.34 bits per heavy atom. The second kappa shape index (κ2) is 11.2. The van der Waals surface area contributed by atoms with E-state index in [1.165, 1.54) is 6.33 Å². The van der Waals surface area contributed by atoms with E-state index in [9.17, 15) is 0 Å². The topological polar surface area (TPSA) is 96.5 Å². The Labute approximate surface area is 187 Å². The molecule has 2 aromatic carbocycles. The van der Waals surface area contributed by atoms with Gasteiger partial charge in [-0.2, -0.15) is 5.10 Å². The van der Waals surface area contributed by atoms with Crippen LogP contribution >= 0.6 is 24.0 Å². The number of hydrogen-bond acceptors (Lipinski definition) is 5. The molecule has 0 amide bonds. The summed E-state index contributed by atoms with van der Waals surface area (Å²) < 4.78 is 10.6. The Morgan fingerprint density at radius 1 is 1.00 bits per heavy atom. The fraction of sp³-hybridized carbons (Fsp3) is 0.250. The van der Waals surface area contributed by atoms with Crippen molar-refractivity contribution in [3.63, 3.8) is 0 Å². The van der Waals surface area contributed by atoms with Gasteiger partial charge >= 0.3 is 0 Å². The van der Waals surface area contributed by atoms with E-state index in [-0.39, 0.29) is 24.0 Å². The van der Waals surface area contributed by atoms with Crippen LogP contribution in [0.4, 0.5) is 0 Å². The van der Waals surface area contributed by atoms with E-state index >= 15 is 0 Å². The molecule has 9 heteroatoms. The third kappa shape index (κ3) is 6.08. The summed E-state index contributed by atoms with van der Waals surface area (Å²) in [6.07, 6.45) is 1.50. The smallest absolute Gasteiger partial charge is 0.191 e. The van der Waals surface area contributed by atoms with Crippen LogP contribution in [-0.2, 0) is 13.1 Å². The first-order valence-electron chi connectivity index (χ1n) is 8.83. The number of aromatic amines is 1. The van der Waals surface area contributed by atoms with Crippen LogP contribution in [0.1, 0.15) is 11.1 Å². The standard InChI is InChI=1S/C20H24N6O2.HI/c1-21-20(23-12-15-7-8-17(27-2)18(10-15)28-3)22-11-14-5-4-6-16(9-14)19-24-13-25-26-19;/h4-10,13H,11-12H2,1-3H3,(H2,21,22,23)(H,24,25,26);1H. The fourth-order valence-corrected chi connectivity index (χ4v) is 2.76. The van der Waals surface area contributed by atoms with E-state index in [1.807, 2.05) is 30.3 Å². The zero-order valence-electron chi connectivity index (χ0n) is 16.6. The maximum Gasteiger partial charge on any atom is 0.191 e. The molecule has 1 heterocycles. The summed E-state index contributed by atoms with van der Waals surface area (Å²) in [4.78, 5) is 8.46. The zero-order chi connectivity index (χ0) is 19.8. The van der Waals surface area contributed by atoms with Crippen molar-refractivity contribution in [2.24, 2.45) is 4.99 Å². The Morgan fingerprint density at radius 2 is 1.72 bits per heavy atom. The predicted molar refractivity (Wildman–Crippen MR) is 124 cm³/mol. The minimum atomic E-state index is 0. The van der Waals surface area contributed by atoms with Crippen LogP contribution in [0.5, 0.6) is 11.5 Å². The van der Waals surface area contributed by atoms with Crippen molar-refractivity contribution >= 4 is 29.9 Å². The molecule has 3 N–H and O–H groups in total. The van der Waals surface area contributed by atoms with E-state index in [0.717, 1.165) is 22.5 Å². The molecule has 0 aliphatic carbocycles. The molecular weight excluding hydrogens is 483 g/mol. The predicted octanol–water partition coefficient (Wildman–Crippen LogP) is 2.97. The van der Waals surface area contributed by atoms with Gasteiger partial charge in [-0.05, 0) is 29.3 Å². The molecular formula is C20H25IN6O2. The van der Waals surface area contributed by atoms with Crippen molar-refractivity contribution in [1.82, 2.24) is 25.8 Å². The van der Waals surface area contributed by atoms with Crippen molar-refractivity contribution in [3.8, 4) is 22.9 Å². The first-order chi connectivity index (χ1) is 13.7. The Balaban J connectivity index is 0.00000300. The van der Waals surface area contributed by atoms with Crippen LogP contribution in [0.2, 0.25) is 0 Å². The molecule has 0 saturated carbocycles. The van der Waals surface area contributed by atoms with Crippen molar-refractivity contribution in [3.05, 3.63) is 59.9 Å². The Hall–Kier alpha value is -2.82. The molecule has 0 atom stereocenters. The highest BCUT2D eigenvalue weighted by molar-refractivity contribution is 14.0. The lowest BCUT2D eigenvalue weighted by atomic mass is 10.1. The SMILES string of the molecule is CN=C(NCc1cccc(-c2ncn[nH]2)c1)NCc1ccc(OC)c(OC)c1.I. The number of hydrogen-bond donors (Lipinski definition) is 3. The summed E-state index contributed by atoms with van der Waals surface area (Å²) in [6.45, 7) is 1.24. The molecule has 0 aliphatic heterocycles. The fourth-order valence-electron chi connectivity index (χ4n) is 2.76. The highest BCUT2D eigenvalue weighted by atomic mass is 127. The number of aliphatic imine (C=N–C) groups is 1. The summed E-state index contributed by atoms with van der Waals surface area (Å²) in [5.41, 5.74) is 3.17. The van der Waals surface area contributed by atoms with Crippen molar-refractivity contribution < 1.29 is 9.47 Å². The number of aromatic nitrogens is 3. The van der Waals surface area contributed by atoms with Crippen molar-refractivity contribution in [1.29, 1.82) is 0 Å². The highest BCUT2D eigenvalue weighted by Crippen LogP contribution is 2.27. The van der Waals surface area contributed by atoms with Gasteiger partial charge in [0, 0.05) is 25.7 Å². The summed E-state index contributed by atoms with van der Waals surface area (Å²) in [6, 6.07) is 13.9. The molecule has 0 saturated heterocycles. The van der Waals surface area contributed by atoms with Crippen LogP contribution in [0.25, 0.3) is 11.4 Å². The van der Waals surface area contributed by atoms with E-state index in [1.54, 1.807) is 21.3 Å². The molecule has 0 spiro atoms. The van der Waals surface area contributed by atoms with Crippen LogP contribution in [-0.4, -0.2) is 42.4 Å². The van der Waals surface area contributed by atoms with Gasteiger partial charge in [0.05, 0.1) is 14.2 Å². The molecule has 0 bridgehead atoms. The van der Waals surface area contributed by atoms with E-state index in [4.69, 9.17) is 9.47 Å². The van der Waals surface area contributed by atoms with Gasteiger partial charge in [0.1, 0.15) is 6.33 Å². The number of H-pyrrole nitrogens is 1. The summed E-state index contributed by atoms with van der Waals surface area (Å²) in [7, 11) is 5.00. The average Bonchev–Trinajstić information content (AvgIpc) is 3.29. The van der Waals surface area contributed by atoms with Crippen molar-refractivity contribution in [2.45, 2.75) is 13.1 Å². The number of benzene rings is 2. The maximum atomic E-state index is 5.35. The van der Waals surface area contributed by atoms with Gasteiger partial charge in [-0.25, -0.2) is 4.98 Å². The highest BCUT2D eigenvalue weighted by Gasteiger charge is 2.06. The van der Waals surface area contributed by atoms with Gasteiger partial charge in [0.2, 0.25) is 0 Å². The number of halogens is 1. The molecule has 154 valence electrons.